The highest BCUT2D eigenvalue weighted by Gasteiger charge is 2.40. The maximum absolute atomic E-state index is 10.6. The van der Waals surface area contributed by atoms with Crippen molar-refractivity contribution in [2.75, 3.05) is 0 Å². The second-order valence-corrected chi connectivity index (χ2v) is 10.9. The minimum absolute atomic E-state index is 0.228. The molecular formula is C13H24O2Si. The average Bonchev–Trinajstić information content (AvgIpc) is 2.51. The Hall–Kier alpha value is -0.413. The van der Waals surface area contributed by atoms with Crippen LogP contribution >= 0.6 is 0 Å². The van der Waals surface area contributed by atoms with E-state index in [9.17, 15) is 4.79 Å². The molecule has 1 aliphatic carbocycles. The molecule has 2 nitrogen and oxygen atoms in total. The molecule has 2 atom stereocenters. The van der Waals surface area contributed by atoms with Crippen LogP contribution in [0.25, 0.3) is 0 Å². The van der Waals surface area contributed by atoms with Gasteiger partial charge in [0, 0.05) is 12.3 Å². The van der Waals surface area contributed by atoms with Gasteiger partial charge in [-0.3, -0.25) is 0 Å². The Balaban J connectivity index is 2.64. The van der Waals surface area contributed by atoms with Crippen LogP contribution in [0.4, 0.5) is 0 Å². The topological polar surface area (TPSA) is 26.3 Å². The number of carbonyl (C=O) groups is 1. The van der Waals surface area contributed by atoms with E-state index in [-0.39, 0.29) is 11.1 Å². The number of carbonyl (C=O) groups excluding carboxylic acids is 1. The first-order chi connectivity index (χ1) is 7.28. The van der Waals surface area contributed by atoms with Crippen molar-refractivity contribution in [3.05, 3.63) is 12.2 Å². The Bertz CT molecular complexity index is 276. The van der Waals surface area contributed by atoms with E-state index in [1.165, 1.54) is 0 Å². The van der Waals surface area contributed by atoms with Crippen LogP contribution in [0.5, 0.6) is 0 Å². The Morgan fingerprint density at radius 3 is 2.56 bits per heavy atom. The lowest BCUT2D eigenvalue weighted by Crippen LogP contribution is -2.44. The first kappa shape index (κ1) is 13.7. The molecule has 0 N–H and O–H groups in total. The summed E-state index contributed by atoms with van der Waals surface area (Å²) in [5, 5.41) is 0.237. The molecule has 0 amide bonds. The van der Waals surface area contributed by atoms with Gasteiger partial charge in [0.1, 0.15) is 6.29 Å². The summed E-state index contributed by atoms with van der Waals surface area (Å²) in [6.45, 7) is 11.3. The monoisotopic (exact) mass is 240 g/mol. The van der Waals surface area contributed by atoms with E-state index in [4.69, 9.17) is 4.43 Å². The van der Waals surface area contributed by atoms with Crippen molar-refractivity contribution in [1.29, 1.82) is 0 Å². The maximum Gasteiger partial charge on any atom is 0.192 e. The van der Waals surface area contributed by atoms with Crippen LogP contribution in [0.15, 0.2) is 12.2 Å². The molecule has 1 aliphatic rings. The number of rotatable bonds is 4. The number of hydrogen-bond acceptors (Lipinski definition) is 2. The fourth-order valence-corrected chi connectivity index (χ4v) is 3.10. The van der Waals surface area contributed by atoms with Gasteiger partial charge in [0.25, 0.3) is 0 Å². The molecule has 3 heteroatoms. The minimum atomic E-state index is -1.70. The molecule has 0 saturated carbocycles. The van der Waals surface area contributed by atoms with Crippen LogP contribution in [0.3, 0.4) is 0 Å². The normalized spacial score (nSPS) is 26.1. The summed E-state index contributed by atoms with van der Waals surface area (Å²) in [6, 6.07) is 0. The van der Waals surface area contributed by atoms with Gasteiger partial charge in [0.15, 0.2) is 8.32 Å². The van der Waals surface area contributed by atoms with E-state index in [1.54, 1.807) is 0 Å². The van der Waals surface area contributed by atoms with E-state index >= 15 is 0 Å². The standard InChI is InChI=1S/C13H24O2Si/c1-13(2,3)16(4,5)15-12-8-6-7-11(12)9-10-14/h6-7,10-12H,8-9H2,1-5H3/t11-,12+/m0/s1. The van der Waals surface area contributed by atoms with Gasteiger partial charge in [-0.05, 0) is 24.6 Å². The average molecular weight is 240 g/mol. The molecule has 0 unspecified atom stereocenters. The lowest BCUT2D eigenvalue weighted by atomic mass is 10.0. The van der Waals surface area contributed by atoms with Gasteiger partial charge in [0.05, 0.1) is 6.10 Å². The van der Waals surface area contributed by atoms with E-state index in [0.717, 1.165) is 12.7 Å². The van der Waals surface area contributed by atoms with Gasteiger partial charge in [-0.1, -0.05) is 32.9 Å². The summed E-state index contributed by atoms with van der Waals surface area (Å²) in [6.07, 6.45) is 7.06. The van der Waals surface area contributed by atoms with Crippen molar-refractivity contribution in [3.63, 3.8) is 0 Å². The third-order valence-corrected chi connectivity index (χ3v) is 8.35. The summed E-state index contributed by atoms with van der Waals surface area (Å²) in [4.78, 5) is 10.6. The number of aldehydes is 1. The summed E-state index contributed by atoms with van der Waals surface area (Å²) in [5.74, 6) is 0.298. The molecule has 0 radical (unpaired) electrons. The Morgan fingerprint density at radius 1 is 1.44 bits per heavy atom. The molecule has 0 saturated heterocycles. The third-order valence-electron chi connectivity index (χ3n) is 3.85. The molecule has 0 aliphatic heterocycles. The fourth-order valence-electron chi connectivity index (χ4n) is 1.72. The van der Waals surface area contributed by atoms with Crippen LogP contribution in [0.1, 0.15) is 33.6 Å². The summed E-state index contributed by atoms with van der Waals surface area (Å²) >= 11 is 0. The third kappa shape index (κ3) is 3.05. The zero-order valence-corrected chi connectivity index (χ0v) is 12.1. The second kappa shape index (κ2) is 4.84. The molecule has 16 heavy (non-hydrogen) atoms. The van der Waals surface area contributed by atoms with E-state index in [1.807, 2.05) is 0 Å². The molecule has 0 spiro atoms. The highest BCUT2D eigenvalue weighted by atomic mass is 28.4. The Kier molecular flexibility index (Phi) is 4.13. The molecule has 0 aromatic carbocycles. The molecular weight excluding hydrogens is 216 g/mol. The van der Waals surface area contributed by atoms with Crippen molar-refractivity contribution < 1.29 is 9.22 Å². The van der Waals surface area contributed by atoms with Crippen molar-refractivity contribution in [1.82, 2.24) is 0 Å². The van der Waals surface area contributed by atoms with Gasteiger partial charge >= 0.3 is 0 Å². The zero-order valence-electron chi connectivity index (χ0n) is 11.1. The van der Waals surface area contributed by atoms with Crippen LogP contribution < -0.4 is 0 Å². The van der Waals surface area contributed by atoms with Crippen molar-refractivity contribution in [2.45, 2.75) is 57.8 Å². The summed E-state index contributed by atoms with van der Waals surface area (Å²) in [7, 11) is -1.70. The molecule has 92 valence electrons. The van der Waals surface area contributed by atoms with Crippen LogP contribution in [-0.4, -0.2) is 20.7 Å². The van der Waals surface area contributed by atoms with Gasteiger partial charge in [-0.2, -0.15) is 0 Å². The predicted molar refractivity (Wildman–Crippen MR) is 70.0 cm³/mol. The molecule has 0 aromatic rings. The highest BCUT2D eigenvalue weighted by molar-refractivity contribution is 6.74. The molecule has 0 fully saturated rings. The first-order valence-electron chi connectivity index (χ1n) is 6.06. The maximum atomic E-state index is 10.6. The van der Waals surface area contributed by atoms with Crippen LogP contribution in [0, 0.1) is 5.92 Å². The SMILES string of the molecule is CC(C)(C)[Si](C)(C)O[C@@H]1CC=C[C@H]1CC=O. The Labute approximate surface area is 100 Å². The summed E-state index contributed by atoms with van der Waals surface area (Å²) in [5.41, 5.74) is 0. The fraction of sp³-hybridized carbons (Fsp3) is 0.769. The van der Waals surface area contributed by atoms with Crippen molar-refractivity contribution in [3.8, 4) is 0 Å². The number of hydrogen-bond donors (Lipinski definition) is 0. The quantitative estimate of drug-likeness (QED) is 0.427. The van der Waals surface area contributed by atoms with Crippen LogP contribution in [-0.2, 0) is 9.22 Å². The highest BCUT2D eigenvalue weighted by Crippen LogP contribution is 2.39. The van der Waals surface area contributed by atoms with E-state index < -0.39 is 8.32 Å². The molecule has 0 heterocycles. The van der Waals surface area contributed by atoms with E-state index in [0.29, 0.717) is 12.3 Å². The van der Waals surface area contributed by atoms with E-state index in [2.05, 4.69) is 46.0 Å². The van der Waals surface area contributed by atoms with Crippen molar-refractivity contribution in [2.24, 2.45) is 5.92 Å². The van der Waals surface area contributed by atoms with Gasteiger partial charge in [0.2, 0.25) is 0 Å². The summed E-state index contributed by atoms with van der Waals surface area (Å²) < 4.78 is 6.35. The zero-order chi connectivity index (χ0) is 12.4. The Morgan fingerprint density at radius 2 is 2.06 bits per heavy atom. The van der Waals surface area contributed by atoms with Gasteiger partial charge < -0.3 is 9.22 Å². The first-order valence-corrected chi connectivity index (χ1v) is 8.97. The lowest BCUT2D eigenvalue weighted by Gasteiger charge is -2.39. The van der Waals surface area contributed by atoms with Crippen molar-refractivity contribution >= 4 is 14.6 Å². The minimum Gasteiger partial charge on any atom is -0.413 e. The molecule has 0 aromatic heterocycles. The molecule has 1 rings (SSSR count). The van der Waals surface area contributed by atoms with Gasteiger partial charge in [-0.25, -0.2) is 0 Å². The van der Waals surface area contributed by atoms with Gasteiger partial charge in [-0.15, -0.1) is 0 Å². The predicted octanol–water partition coefficient (Wildman–Crippen LogP) is 3.54. The second-order valence-electron chi connectivity index (χ2n) is 6.15. The molecule has 0 bridgehead atoms. The van der Waals surface area contributed by atoms with Crippen LogP contribution in [0.2, 0.25) is 18.1 Å². The largest absolute Gasteiger partial charge is 0.413 e. The smallest absolute Gasteiger partial charge is 0.192 e. The lowest BCUT2D eigenvalue weighted by molar-refractivity contribution is -0.108.